The standard InChI is InChI=1S/C12H25N3O3/c1-8(10(17)15-11(18)13-5)14-7-9(16)6-12(2,3)4/h8-9,14,16H,6-7H2,1-5H3,(H2,13,15,17,18). The number of amides is 3. The number of nitrogens with one attached hydrogen (secondary N) is 3. The van der Waals surface area contributed by atoms with Crippen LogP contribution >= 0.6 is 0 Å². The Balaban J connectivity index is 3.99. The first-order valence-electron chi connectivity index (χ1n) is 6.09. The second-order valence-corrected chi connectivity index (χ2v) is 5.62. The molecule has 2 atom stereocenters. The summed E-state index contributed by atoms with van der Waals surface area (Å²) in [4.78, 5) is 22.4. The molecule has 0 spiro atoms. The van der Waals surface area contributed by atoms with Crippen LogP contribution in [0.1, 0.15) is 34.1 Å². The number of urea groups is 1. The zero-order chi connectivity index (χ0) is 14.3. The summed E-state index contributed by atoms with van der Waals surface area (Å²) in [6, 6.07) is -1.07. The van der Waals surface area contributed by atoms with Crippen LogP contribution in [0.4, 0.5) is 4.79 Å². The third-order valence-corrected chi connectivity index (χ3v) is 2.36. The number of rotatable bonds is 5. The van der Waals surface area contributed by atoms with Crippen LogP contribution in [0.25, 0.3) is 0 Å². The summed E-state index contributed by atoms with van der Waals surface area (Å²) in [6.45, 7) is 8.08. The van der Waals surface area contributed by atoms with Crippen molar-refractivity contribution < 1.29 is 14.7 Å². The molecule has 0 aromatic carbocycles. The highest BCUT2D eigenvalue weighted by Gasteiger charge is 2.19. The summed E-state index contributed by atoms with van der Waals surface area (Å²) in [7, 11) is 1.44. The van der Waals surface area contributed by atoms with E-state index in [1.165, 1.54) is 7.05 Å². The summed E-state index contributed by atoms with van der Waals surface area (Å²) >= 11 is 0. The average Bonchev–Trinajstić information content (AvgIpc) is 2.23. The van der Waals surface area contributed by atoms with Crippen LogP contribution in [-0.4, -0.2) is 42.8 Å². The van der Waals surface area contributed by atoms with Crippen molar-refractivity contribution in [3.8, 4) is 0 Å². The first-order chi connectivity index (χ1) is 8.15. The molecule has 0 saturated carbocycles. The number of aliphatic hydroxyl groups excluding tert-OH is 1. The van der Waals surface area contributed by atoms with Crippen molar-refractivity contribution in [3.63, 3.8) is 0 Å². The van der Waals surface area contributed by atoms with Crippen LogP contribution in [0.5, 0.6) is 0 Å². The van der Waals surface area contributed by atoms with Crippen LogP contribution in [0.3, 0.4) is 0 Å². The van der Waals surface area contributed by atoms with E-state index >= 15 is 0 Å². The molecule has 3 amide bonds. The number of aliphatic hydroxyl groups is 1. The fourth-order valence-corrected chi connectivity index (χ4v) is 1.47. The lowest BCUT2D eigenvalue weighted by Crippen LogP contribution is -2.48. The summed E-state index contributed by atoms with van der Waals surface area (Å²) in [6.07, 6.45) is 0.129. The lowest BCUT2D eigenvalue weighted by atomic mass is 9.89. The maximum atomic E-state index is 11.5. The minimum Gasteiger partial charge on any atom is -0.392 e. The van der Waals surface area contributed by atoms with Crippen molar-refractivity contribution in [1.82, 2.24) is 16.0 Å². The highest BCUT2D eigenvalue weighted by atomic mass is 16.3. The number of hydrogen-bond donors (Lipinski definition) is 4. The van der Waals surface area contributed by atoms with Crippen LogP contribution in [0, 0.1) is 5.41 Å². The van der Waals surface area contributed by atoms with Gasteiger partial charge in [-0.05, 0) is 18.8 Å². The second-order valence-electron chi connectivity index (χ2n) is 5.62. The van der Waals surface area contributed by atoms with E-state index in [1.807, 2.05) is 20.8 Å². The second kappa shape index (κ2) is 7.33. The summed E-state index contributed by atoms with van der Waals surface area (Å²) in [5.41, 5.74) is 0.0364. The summed E-state index contributed by atoms with van der Waals surface area (Å²) < 4.78 is 0. The molecule has 0 bridgehead atoms. The number of imide groups is 1. The van der Waals surface area contributed by atoms with E-state index in [0.717, 1.165) is 0 Å². The van der Waals surface area contributed by atoms with Gasteiger partial charge >= 0.3 is 6.03 Å². The molecule has 4 N–H and O–H groups in total. The third-order valence-electron chi connectivity index (χ3n) is 2.36. The van der Waals surface area contributed by atoms with Gasteiger partial charge in [0.15, 0.2) is 0 Å². The molecule has 6 nitrogen and oxygen atoms in total. The molecule has 0 aliphatic rings. The van der Waals surface area contributed by atoms with Crippen molar-refractivity contribution in [1.29, 1.82) is 0 Å². The van der Waals surface area contributed by atoms with Gasteiger partial charge < -0.3 is 15.7 Å². The lowest BCUT2D eigenvalue weighted by Gasteiger charge is -2.23. The van der Waals surface area contributed by atoms with E-state index in [0.29, 0.717) is 13.0 Å². The first-order valence-corrected chi connectivity index (χ1v) is 6.09. The molecule has 0 saturated heterocycles. The predicted molar refractivity (Wildman–Crippen MR) is 70.1 cm³/mol. The van der Waals surface area contributed by atoms with Crippen molar-refractivity contribution in [3.05, 3.63) is 0 Å². The Hall–Kier alpha value is -1.14. The Morgan fingerprint density at radius 1 is 1.28 bits per heavy atom. The fraction of sp³-hybridized carbons (Fsp3) is 0.833. The average molecular weight is 259 g/mol. The lowest BCUT2D eigenvalue weighted by molar-refractivity contribution is -0.121. The monoisotopic (exact) mass is 259 g/mol. The molecule has 106 valence electrons. The number of carbonyl (C=O) groups excluding carboxylic acids is 2. The fourth-order valence-electron chi connectivity index (χ4n) is 1.47. The maximum absolute atomic E-state index is 11.5. The van der Waals surface area contributed by atoms with Crippen LogP contribution in [-0.2, 0) is 4.79 Å². The Bertz CT molecular complexity index is 287. The van der Waals surface area contributed by atoms with Gasteiger partial charge in [-0.25, -0.2) is 4.79 Å². The van der Waals surface area contributed by atoms with E-state index in [9.17, 15) is 14.7 Å². The van der Waals surface area contributed by atoms with Gasteiger partial charge in [-0.2, -0.15) is 0 Å². The first kappa shape index (κ1) is 16.9. The van der Waals surface area contributed by atoms with Crippen molar-refractivity contribution in [2.45, 2.75) is 46.3 Å². The molecule has 0 fully saturated rings. The van der Waals surface area contributed by atoms with Gasteiger partial charge in [0.1, 0.15) is 0 Å². The number of hydrogen-bond acceptors (Lipinski definition) is 4. The molecule has 2 unspecified atom stereocenters. The number of carbonyl (C=O) groups is 2. The summed E-state index contributed by atoms with van der Waals surface area (Å²) in [5.74, 6) is -0.419. The zero-order valence-corrected chi connectivity index (χ0v) is 11.8. The van der Waals surface area contributed by atoms with E-state index in [-0.39, 0.29) is 5.41 Å². The van der Waals surface area contributed by atoms with Gasteiger partial charge in [0, 0.05) is 13.6 Å². The molecule has 0 aliphatic carbocycles. The van der Waals surface area contributed by atoms with Crippen LogP contribution in [0.2, 0.25) is 0 Å². The Kier molecular flexibility index (Phi) is 6.86. The molecule has 0 radical (unpaired) electrons. The minimum atomic E-state index is -0.538. The van der Waals surface area contributed by atoms with Gasteiger partial charge in [0.2, 0.25) is 5.91 Å². The smallest absolute Gasteiger partial charge is 0.321 e. The van der Waals surface area contributed by atoms with Gasteiger partial charge in [-0.3, -0.25) is 10.1 Å². The van der Waals surface area contributed by atoms with Crippen molar-refractivity contribution in [2.24, 2.45) is 5.41 Å². The Morgan fingerprint density at radius 2 is 1.83 bits per heavy atom. The summed E-state index contributed by atoms with van der Waals surface area (Å²) in [5, 5.41) is 17.1. The van der Waals surface area contributed by atoms with Gasteiger partial charge in [0.05, 0.1) is 12.1 Å². The molecule has 18 heavy (non-hydrogen) atoms. The molecule has 0 aromatic heterocycles. The van der Waals surface area contributed by atoms with Crippen LogP contribution < -0.4 is 16.0 Å². The van der Waals surface area contributed by atoms with Crippen LogP contribution in [0.15, 0.2) is 0 Å². The van der Waals surface area contributed by atoms with Gasteiger partial charge in [-0.1, -0.05) is 20.8 Å². The highest BCUT2D eigenvalue weighted by molar-refractivity contribution is 5.96. The normalized spacial score (nSPS) is 14.8. The van der Waals surface area contributed by atoms with Crippen molar-refractivity contribution >= 4 is 11.9 Å². The highest BCUT2D eigenvalue weighted by Crippen LogP contribution is 2.20. The molecular formula is C12H25N3O3. The molecule has 0 heterocycles. The minimum absolute atomic E-state index is 0.0364. The molecule has 0 rings (SSSR count). The van der Waals surface area contributed by atoms with Crippen molar-refractivity contribution in [2.75, 3.05) is 13.6 Å². The Labute approximate surface area is 109 Å². The van der Waals surface area contributed by atoms with E-state index in [1.54, 1.807) is 6.92 Å². The molecule has 0 aliphatic heterocycles. The topological polar surface area (TPSA) is 90.5 Å². The van der Waals surface area contributed by atoms with E-state index < -0.39 is 24.1 Å². The largest absolute Gasteiger partial charge is 0.392 e. The zero-order valence-electron chi connectivity index (χ0n) is 11.8. The SMILES string of the molecule is CNC(=O)NC(=O)C(C)NCC(O)CC(C)(C)C. The van der Waals surface area contributed by atoms with Gasteiger partial charge in [0.25, 0.3) is 0 Å². The van der Waals surface area contributed by atoms with E-state index in [4.69, 9.17) is 0 Å². The molecular weight excluding hydrogens is 234 g/mol. The third kappa shape index (κ3) is 8.03. The molecule has 0 aromatic rings. The van der Waals surface area contributed by atoms with E-state index in [2.05, 4.69) is 16.0 Å². The maximum Gasteiger partial charge on any atom is 0.321 e. The predicted octanol–water partition coefficient (Wildman–Crippen LogP) is 0.217. The quantitative estimate of drug-likeness (QED) is 0.568. The van der Waals surface area contributed by atoms with Gasteiger partial charge in [-0.15, -0.1) is 0 Å². The Morgan fingerprint density at radius 3 is 2.28 bits per heavy atom. The molecule has 6 heteroatoms.